The van der Waals surface area contributed by atoms with Gasteiger partial charge in [-0.05, 0) is 37.0 Å². The first-order valence-electron chi connectivity index (χ1n) is 8.42. The molecule has 1 aromatic rings. The van der Waals surface area contributed by atoms with Gasteiger partial charge in [-0.25, -0.2) is 4.39 Å². The van der Waals surface area contributed by atoms with E-state index in [4.69, 9.17) is 5.26 Å². The average Bonchev–Trinajstić information content (AvgIpc) is 2.64. The number of hydrogen-bond donors (Lipinski definition) is 2. The van der Waals surface area contributed by atoms with E-state index in [1.807, 2.05) is 6.07 Å². The molecule has 1 aromatic carbocycles. The summed E-state index contributed by atoms with van der Waals surface area (Å²) in [5, 5.41) is 14.8. The lowest BCUT2D eigenvalue weighted by Gasteiger charge is -2.34. The van der Waals surface area contributed by atoms with Crippen LogP contribution in [0.1, 0.15) is 30.4 Å². The first-order chi connectivity index (χ1) is 12.1. The van der Waals surface area contributed by atoms with E-state index in [0.717, 1.165) is 25.9 Å². The van der Waals surface area contributed by atoms with Crippen molar-refractivity contribution in [3.63, 3.8) is 0 Å². The number of rotatable bonds is 4. The summed E-state index contributed by atoms with van der Waals surface area (Å²) < 4.78 is 13.9. The van der Waals surface area contributed by atoms with Crippen LogP contribution in [-0.2, 0) is 11.3 Å². The molecule has 0 saturated carbocycles. The van der Waals surface area contributed by atoms with Crippen molar-refractivity contribution in [2.24, 2.45) is 10.9 Å². The van der Waals surface area contributed by atoms with Crippen LogP contribution in [0.25, 0.3) is 0 Å². The average molecular weight is 345 g/mol. The Morgan fingerprint density at radius 2 is 2.16 bits per heavy atom. The zero-order valence-electron chi connectivity index (χ0n) is 14.7. The van der Waals surface area contributed by atoms with Crippen LogP contribution in [0.2, 0.25) is 0 Å². The molecule has 0 aliphatic carbocycles. The third-order valence-corrected chi connectivity index (χ3v) is 4.49. The van der Waals surface area contributed by atoms with Crippen LogP contribution in [0.4, 0.5) is 4.39 Å². The van der Waals surface area contributed by atoms with Gasteiger partial charge in [0.25, 0.3) is 0 Å². The number of carbonyl (C=O) groups excluding carboxylic acids is 1. The van der Waals surface area contributed by atoms with E-state index < -0.39 is 0 Å². The number of aliphatic imine (C=N–C) groups is 1. The van der Waals surface area contributed by atoms with Gasteiger partial charge in [-0.15, -0.1) is 0 Å². The Labute approximate surface area is 147 Å². The maximum atomic E-state index is 13.9. The SMILES string of the molecule is CN=C(NCc1cc(C#N)ccc1F)N1CCC(CC(=O)NC)CC1. The van der Waals surface area contributed by atoms with Crippen molar-refractivity contribution >= 4 is 11.9 Å². The number of nitriles is 1. The molecule has 0 spiro atoms. The second kappa shape index (κ2) is 9.02. The van der Waals surface area contributed by atoms with Crippen molar-refractivity contribution in [2.45, 2.75) is 25.8 Å². The summed E-state index contributed by atoms with van der Waals surface area (Å²) in [6.07, 6.45) is 2.40. The van der Waals surface area contributed by atoms with Crippen LogP contribution in [0, 0.1) is 23.1 Å². The molecule has 1 aliphatic rings. The molecule has 6 nitrogen and oxygen atoms in total. The number of likely N-dealkylation sites (tertiary alicyclic amines) is 1. The number of guanidine groups is 1. The van der Waals surface area contributed by atoms with E-state index >= 15 is 0 Å². The predicted octanol–water partition coefficient (Wildman–Crippen LogP) is 1.62. The molecular formula is C18H24FN5O. The zero-order chi connectivity index (χ0) is 18.2. The van der Waals surface area contributed by atoms with Gasteiger partial charge in [0, 0.05) is 45.7 Å². The lowest BCUT2D eigenvalue weighted by atomic mass is 9.93. The molecule has 0 atom stereocenters. The van der Waals surface area contributed by atoms with Crippen LogP contribution >= 0.6 is 0 Å². The molecule has 1 heterocycles. The van der Waals surface area contributed by atoms with E-state index in [-0.39, 0.29) is 18.3 Å². The van der Waals surface area contributed by atoms with Gasteiger partial charge in [0.1, 0.15) is 5.82 Å². The third-order valence-electron chi connectivity index (χ3n) is 4.49. The molecule has 0 unspecified atom stereocenters. The Kier molecular flexibility index (Phi) is 6.75. The maximum Gasteiger partial charge on any atom is 0.220 e. The Bertz CT molecular complexity index is 675. The molecular weight excluding hydrogens is 321 g/mol. The summed E-state index contributed by atoms with van der Waals surface area (Å²) in [5.41, 5.74) is 0.873. The van der Waals surface area contributed by atoms with Crippen molar-refractivity contribution in [1.29, 1.82) is 5.26 Å². The fraction of sp³-hybridized carbons (Fsp3) is 0.500. The maximum absolute atomic E-state index is 13.9. The normalized spacial score (nSPS) is 15.6. The van der Waals surface area contributed by atoms with Gasteiger partial charge >= 0.3 is 0 Å². The summed E-state index contributed by atoms with van der Waals surface area (Å²) in [6.45, 7) is 1.89. The van der Waals surface area contributed by atoms with Crippen LogP contribution in [0.3, 0.4) is 0 Å². The largest absolute Gasteiger partial charge is 0.359 e. The van der Waals surface area contributed by atoms with Crippen molar-refractivity contribution in [2.75, 3.05) is 27.2 Å². The second-order valence-corrected chi connectivity index (χ2v) is 6.13. The van der Waals surface area contributed by atoms with E-state index in [1.165, 1.54) is 12.1 Å². The summed E-state index contributed by atoms with van der Waals surface area (Å²) in [7, 11) is 3.35. The standard InChI is InChI=1S/C18H24FN5O/c1-21-17(25)10-13-5-7-24(8-6-13)18(22-2)23-12-15-9-14(11-20)3-4-16(15)19/h3-4,9,13H,5-8,10,12H2,1-2H3,(H,21,25)(H,22,23). The molecule has 7 heteroatoms. The van der Waals surface area contributed by atoms with Gasteiger partial charge in [0.05, 0.1) is 11.6 Å². The quantitative estimate of drug-likeness (QED) is 0.642. The van der Waals surface area contributed by atoms with Crippen LogP contribution in [0.15, 0.2) is 23.2 Å². The van der Waals surface area contributed by atoms with E-state index in [0.29, 0.717) is 29.4 Å². The van der Waals surface area contributed by atoms with Gasteiger partial charge in [0.15, 0.2) is 5.96 Å². The smallest absolute Gasteiger partial charge is 0.220 e. The molecule has 0 aromatic heterocycles. The molecule has 134 valence electrons. The van der Waals surface area contributed by atoms with Gasteiger partial charge in [-0.1, -0.05) is 0 Å². The van der Waals surface area contributed by atoms with Gasteiger partial charge in [0.2, 0.25) is 5.91 Å². The minimum Gasteiger partial charge on any atom is -0.359 e. The number of hydrogen-bond acceptors (Lipinski definition) is 3. The first kappa shape index (κ1) is 18.7. The van der Waals surface area contributed by atoms with Crippen molar-refractivity contribution in [3.8, 4) is 6.07 Å². The summed E-state index contributed by atoms with van der Waals surface area (Å²) >= 11 is 0. The zero-order valence-corrected chi connectivity index (χ0v) is 14.7. The number of piperidine rings is 1. The van der Waals surface area contributed by atoms with Crippen LogP contribution in [-0.4, -0.2) is 44.0 Å². The van der Waals surface area contributed by atoms with Gasteiger partial charge in [-0.3, -0.25) is 9.79 Å². The molecule has 0 bridgehead atoms. The van der Waals surface area contributed by atoms with Crippen molar-refractivity contribution < 1.29 is 9.18 Å². The van der Waals surface area contributed by atoms with E-state index in [1.54, 1.807) is 20.2 Å². The topological polar surface area (TPSA) is 80.5 Å². The number of amides is 1. The third kappa shape index (κ3) is 5.18. The highest BCUT2D eigenvalue weighted by Gasteiger charge is 2.23. The Hall–Kier alpha value is -2.62. The van der Waals surface area contributed by atoms with Crippen LogP contribution < -0.4 is 10.6 Å². The highest BCUT2D eigenvalue weighted by molar-refractivity contribution is 5.80. The molecule has 1 amide bonds. The minimum absolute atomic E-state index is 0.0776. The number of benzene rings is 1. The molecule has 25 heavy (non-hydrogen) atoms. The van der Waals surface area contributed by atoms with E-state index in [2.05, 4.69) is 20.5 Å². The second-order valence-electron chi connectivity index (χ2n) is 6.13. The molecule has 0 radical (unpaired) electrons. The van der Waals surface area contributed by atoms with E-state index in [9.17, 15) is 9.18 Å². The Morgan fingerprint density at radius 3 is 2.76 bits per heavy atom. The summed E-state index contributed by atoms with van der Waals surface area (Å²) in [5.74, 6) is 0.833. The molecule has 1 fully saturated rings. The van der Waals surface area contributed by atoms with Gasteiger partial charge in [-0.2, -0.15) is 5.26 Å². The minimum atomic E-state index is -0.341. The first-order valence-corrected chi connectivity index (χ1v) is 8.42. The number of nitrogens with zero attached hydrogens (tertiary/aromatic N) is 3. The van der Waals surface area contributed by atoms with Gasteiger partial charge < -0.3 is 15.5 Å². The summed E-state index contributed by atoms with van der Waals surface area (Å²) in [6, 6.07) is 6.34. The monoisotopic (exact) mass is 345 g/mol. The molecule has 2 N–H and O–H groups in total. The number of carbonyl (C=O) groups is 1. The predicted molar refractivity (Wildman–Crippen MR) is 94.3 cm³/mol. The number of halogens is 1. The number of nitrogens with one attached hydrogen (secondary N) is 2. The molecule has 1 aliphatic heterocycles. The van der Waals surface area contributed by atoms with Crippen LogP contribution in [0.5, 0.6) is 0 Å². The molecule has 1 saturated heterocycles. The summed E-state index contributed by atoms with van der Waals surface area (Å²) in [4.78, 5) is 17.9. The highest BCUT2D eigenvalue weighted by Crippen LogP contribution is 2.20. The van der Waals surface area contributed by atoms with Crippen molar-refractivity contribution in [1.82, 2.24) is 15.5 Å². The lowest BCUT2D eigenvalue weighted by molar-refractivity contribution is -0.121. The molecule has 2 rings (SSSR count). The Morgan fingerprint density at radius 1 is 1.44 bits per heavy atom. The fourth-order valence-corrected chi connectivity index (χ4v) is 3.00. The Balaban J connectivity index is 1.90. The fourth-order valence-electron chi connectivity index (χ4n) is 3.00. The lowest BCUT2D eigenvalue weighted by Crippen LogP contribution is -2.45. The highest BCUT2D eigenvalue weighted by atomic mass is 19.1. The van der Waals surface area contributed by atoms with Crippen molar-refractivity contribution in [3.05, 3.63) is 35.1 Å².